The van der Waals surface area contributed by atoms with Gasteiger partial charge in [-0.15, -0.1) is 0 Å². The highest BCUT2D eigenvalue weighted by atomic mass is 79.9. The third kappa shape index (κ3) is 5.92. The second-order valence-electron chi connectivity index (χ2n) is 7.82. The average molecular weight is 497 g/mol. The van der Waals surface area contributed by atoms with Gasteiger partial charge in [0.15, 0.2) is 0 Å². The number of piperidine rings is 1. The van der Waals surface area contributed by atoms with E-state index in [2.05, 4.69) is 49.4 Å². The molecule has 0 amide bonds. The van der Waals surface area contributed by atoms with Crippen molar-refractivity contribution in [2.75, 3.05) is 17.9 Å². The van der Waals surface area contributed by atoms with E-state index in [-0.39, 0.29) is 10.8 Å². The molecule has 0 bridgehead atoms. The zero-order chi connectivity index (χ0) is 21.7. The molecule has 0 spiro atoms. The molecule has 0 radical (unpaired) electrons. The molecule has 0 aliphatic carbocycles. The molecule has 3 heterocycles. The highest BCUT2D eigenvalue weighted by Gasteiger charge is 2.24. The standard InChI is InChI=1S/C21H29BrN4O3S/c1-15-8-9-19(14-23-15)30(27,28)25-20-12-18(22)13-24-21(20)29-11-5-10-26-16(2)6-4-7-17(26)3/h8-9,12-14,16-17,25H,4-7,10-11H2,1-3H3. The number of rotatable bonds is 8. The van der Waals surface area contributed by atoms with Gasteiger partial charge in [0, 0.05) is 41.2 Å². The van der Waals surface area contributed by atoms with E-state index in [1.165, 1.54) is 31.5 Å². The Balaban J connectivity index is 1.64. The molecule has 0 saturated carbocycles. The van der Waals surface area contributed by atoms with Gasteiger partial charge in [0.25, 0.3) is 10.0 Å². The Labute approximate surface area is 187 Å². The van der Waals surface area contributed by atoms with E-state index in [0.717, 1.165) is 18.7 Å². The summed E-state index contributed by atoms with van der Waals surface area (Å²) in [6.07, 6.45) is 7.54. The maximum Gasteiger partial charge on any atom is 0.263 e. The van der Waals surface area contributed by atoms with E-state index in [4.69, 9.17) is 4.74 Å². The van der Waals surface area contributed by atoms with Crippen LogP contribution in [0.25, 0.3) is 0 Å². The smallest absolute Gasteiger partial charge is 0.263 e. The van der Waals surface area contributed by atoms with Crippen LogP contribution in [0.15, 0.2) is 40.0 Å². The normalized spacial score (nSPS) is 20.1. The number of pyridine rings is 2. The molecule has 2 unspecified atom stereocenters. The van der Waals surface area contributed by atoms with Crippen LogP contribution in [0.2, 0.25) is 0 Å². The molecule has 0 aromatic carbocycles. The van der Waals surface area contributed by atoms with Crippen LogP contribution in [0.4, 0.5) is 5.69 Å². The van der Waals surface area contributed by atoms with Crippen LogP contribution < -0.4 is 9.46 Å². The van der Waals surface area contributed by atoms with E-state index in [1.807, 2.05) is 0 Å². The summed E-state index contributed by atoms with van der Waals surface area (Å²) in [5.41, 5.74) is 1.05. The van der Waals surface area contributed by atoms with Crippen molar-refractivity contribution in [3.05, 3.63) is 40.8 Å². The number of sulfonamides is 1. The largest absolute Gasteiger partial charge is 0.476 e. The van der Waals surface area contributed by atoms with Gasteiger partial charge in [0.1, 0.15) is 10.6 Å². The average Bonchev–Trinajstić information content (AvgIpc) is 2.68. The molecule has 9 heteroatoms. The molecule has 1 aliphatic heterocycles. The van der Waals surface area contributed by atoms with Crippen molar-refractivity contribution in [1.82, 2.24) is 14.9 Å². The molecule has 1 fully saturated rings. The van der Waals surface area contributed by atoms with E-state index in [9.17, 15) is 8.42 Å². The first kappa shape index (κ1) is 23.0. The fourth-order valence-corrected chi connectivity index (χ4v) is 5.09. The van der Waals surface area contributed by atoms with Crippen molar-refractivity contribution in [3.63, 3.8) is 0 Å². The summed E-state index contributed by atoms with van der Waals surface area (Å²) in [4.78, 5) is 10.9. The number of nitrogens with one attached hydrogen (secondary N) is 1. The highest BCUT2D eigenvalue weighted by Crippen LogP contribution is 2.28. The van der Waals surface area contributed by atoms with Crippen LogP contribution in [-0.4, -0.2) is 48.5 Å². The Morgan fingerprint density at radius 2 is 1.93 bits per heavy atom. The van der Waals surface area contributed by atoms with Crippen molar-refractivity contribution in [2.45, 2.75) is 63.4 Å². The molecule has 2 atom stereocenters. The minimum atomic E-state index is -3.79. The maximum absolute atomic E-state index is 12.7. The Bertz CT molecular complexity index is 943. The molecule has 1 N–H and O–H groups in total. The summed E-state index contributed by atoms with van der Waals surface area (Å²) in [5.74, 6) is 0.265. The third-order valence-electron chi connectivity index (χ3n) is 5.43. The Hall–Kier alpha value is -1.71. The first-order valence-electron chi connectivity index (χ1n) is 10.3. The maximum atomic E-state index is 12.7. The van der Waals surface area contributed by atoms with Gasteiger partial charge >= 0.3 is 0 Å². The van der Waals surface area contributed by atoms with Crippen LogP contribution in [0, 0.1) is 6.92 Å². The SMILES string of the molecule is Cc1ccc(S(=O)(=O)Nc2cc(Br)cnc2OCCCN2C(C)CCCC2C)cn1. The summed E-state index contributed by atoms with van der Waals surface area (Å²) in [7, 11) is -3.79. The number of hydrogen-bond acceptors (Lipinski definition) is 6. The van der Waals surface area contributed by atoms with Gasteiger partial charge in [-0.2, -0.15) is 0 Å². The molecular formula is C21H29BrN4O3S. The second kappa shape index (κ2) is 10.1. The molecule has 1 aliphatic rings. The van der Waals surface area contributed by atoms with Crippen LogP contribution in [-0.2, 0) is 10.0 Å². The number of nitrogens with zero attached hydrogens (tertiary/aromatic N) is 3. The molecule has 30 heavy (non-hydrogen) atoms. The molecular weight excluding hydrogens is 468 g/mol. The van der Waals surface area contributed by atoms with Gasteiger partial charge in [-0.1, -0.05) is 6.42 Å². The van der Waals surface area contributed by atoms with Crippen LogP contribution in [0.5, 0.6) is 5.88 Å². The Morgan fingerprint density at radius 1 is 1.20 bits per heavy atom. The summed E-state index contributed by atoms with van der Waals surface area (Å²) in [6.45, 7) is 7.78. The number of anilines is 1. The van der Waals surface area contributed by atoms with Crippen LogP contribution in [0.3, 0.4) is 0 Å². The lowest BCUT2D eigenvalue weighted by molar-refractivity contribution is 0.0958. The predicted molar refractivity (Wildman–Crippen MR) is 121 cm³/mol. The van der Waals surface area contributed by atoms with Gasteiger partial charge in [0.05, 0.1) is 6.61 Å². The predicted octanol–water partition coefficient (Wildman–Crippen LogP) is 4.38. The van der Waals surface area contributed by atoms with Gasteiger partial charge in [-0.05, 0) is 74.2 Å². The minimum Gasteiger partial charge on any atom is -0.476 e. The minimum absolute atomic E-state index is 0.0899. The molecule has 2 aromatic rings. The van der Waals surface area contributed by atoms with Crippen molar-refractivity contribution >= 4 is 31.6 Å². The number of aryl methyl sites for hydroxylation is 1. The number of likely N-dealkylation sites (tertiary alicyclic amines) is 1. The summed E-state index contributed by atoms with van der Waals surface area (Å²) < 4.78 is 34.5. The lowest BCUT2D eigenvalue weighted by Crippen LogP contribution is -2.44. The quantitative estimate of drug-likeness (QED) is 0.545. The molecule has 2 aromatic heterocycles. The van der Waals surface area contributed by atoms with Crippen LogP contribution >= 0.6 is 15.9 Å². The van der Waals surface area contributed by atoms with E-state index >= 15 is 0 Å². The van der Waals surface area contributed by atoms with Crippen molar-refractivity contribution in [3.8, 4) is 5.88 Å². The lowest BCUT2D eigenvalue weighted by atomic mass is 9.97. The fraction of sp³-hybridized carbons (Fsp3) is 0.524. The molecule has 3 rings (SSSR count). The van der Waals surface area contributed by atoms with E-state index in [1.54, 1.807) is 25.3 Å². The highest BCUT2D eigenvalue weighted by molar-refractivity contribution is 9.10. The molecule has 164 valence electrons. The van der Waals surface area contributed by atoms with Crippen molar-refractivity contribution in [1.29, 1.82) is 0 Å². The van der Waals surface area contributed by atoms with Gasteiger partial charge in [0.2, 0.25) is 5.88 Å². The van der Waals surface area contributed by atoms with Crippen LogP contribution in [0.1, 0.15) is 45.2 Å². The molecule has 7 nitrogen and oxygen atoms in total. The summed E-state index contributed by atoms with van der Waals surface area (Å²) in [6, 6.07) is 6.01. The Morgan fingerprint density at radius 3 is 2.60 bits per heavy atom. The van der Waals surface area contributed by atoms with Crippen molar-refractivity contribution in [2.24, 2.45) is 0 Å². The second-order valence-corrected chi connectivity index (χ2v) is 10.4. The number of halogens is 1. The summed E-state index contributed by atoms with van der Waals surface area (Å²) in [5, 5.41) is 0. The topological polar surface area (TPSA) is 84.4 Å². The summed E-state index contributed by atoms with van der Waals surface area (Å²) >= 11 is 3.34. The monoisotopic (exact) mass is 496 g/mol. The lowest BCUT2D eigenvalue weighted by Gasteiger charge is -2.39. The van der Waals surface area contributed by atoms with Gasteiger partial charge < -0.3 is 4.74 Å². The van der Waals surface area contributed by atoms with E-state index in [0.29, 0.717) is 28.9 Å². The number of ether oxygens (including phenoxy) is 1. The molecule has 1 saturated heterocycles. The number of aromatic nitrogens is 2. The zero-order valence-electron chi connectivity index (χ0n) is 17.6. The fourth-order valence-electron chi connectivity index (χ4n) is 3.76. The number of hydrogen-bond donors (Lipinski definition) is 1. The zero-order valence-corrected chi connectivity index (χ0v) is 20.0. The Kier molecular flexibility index (Phi) is 7.70. The van der Waals surface area contributed by atoms with Gasteiger partial charge in [-0.3, -0.25) is 14.6 Å². The first-order chi connectivity index (χ1) is 14.3. The van der Waals surface area contributed by atoms with Crippen molar-refractivity contribution < 1.29 is 13.2 Å². The van der Waals surface area contributed by atoms with Gasteiger partial charge in [-0.25, -0.2) is 13.4 Å². The third-order valence-corrected chi connectivity index (χ3v) is 7.22. The van der Waals surface area contributed by atoms with E-state index < -0.39 is 10.0 Å². The first-order valence-corrected chi connectivity index (χ1v) is 12.5.